The predicted molar refractivity (Wildman–Crippen MR) is 69.6 cm³/mol. The van der Waals surface area contributed by atoms with Gasteiger partial charge in [0.2, 0.25) is 0 Å². The topological polar surface area (TPSA) is 12.0 Å². The van der Waals surface area contributed by atoms with E-state index in [1.807, 2.05) is 0 Å². The number of unbranched alkanes of at least 4 members (excludes halogenated alkanes) is 1. The van der Waals surface area contributed by atoms with Crippen molar-refractivity contribution in [3.63, 3.8) is 0 Å². The highest BCUT2D eigenvalue weighted by Crippen LogP contribution is 2.19. The van der Waals surface area contributed by atoms with Crippen LogP contribution in [0.5, 0.6) is 0 Å². The first-order valence-electron chi connectivity index (χ1n) is 6.70. The van der Waals surface area contributed by atoms with Crippen molar-refractivity contribution >= 4 is 0 Å². The molecule has 1 N–H and O–H groups in total. The first kappa shape index (κ1) is 11.7. The maximum absolute atomic E-state index is 3.43. The van der Waals surface area contributed by atoms with Gasteiger partial charge in [-0.25, -0.2) is 0 Å². The van der Waals surface area contributed by atoms with Crippen molar-refractivity contribution in [3.8, 4) is 0 Å². The number of hydrogen-bond donors (Lipinski definition) is 1. The highest BCUT2D eigenvalue weighted by atomic mass is 14.9. The molecule has 88 valence electrons. The van der Waals surface area contributed by atoms with Crippen LogP contribution in [0.2, 0.25) is 0 Å². The number of aryl methyl sites for hydroxylation is 1. The van der Waals surface area contributed by atoms with E-state index in [4.69, 9.17) is 0 Å². The lowest BCUT2D eigenvalue weighted by Gasteiger charge is -2.22. The standard InChI is InChI=1S/C15H23N/c1-2-6-14(7-3-1)8-4-5-9-15-10-12-16-13-11-15/h1-3,6-7,15-16H,4-5,8-13H2. The molecule has 0 unspecified atom stereocenters. The molecule has 0 radical (unpaired) electrons. The van der Waals surface area contributed by atoms with E-state index in [1.54, 1.807) is 0 Å². The second kappa shape index (κ2) is 6.70. The van der Waals surface area contributed by atoms with Gasteiger partial charge in [-0.05, 0) is 50.3 Å². The molecule has 0 amide bonds. The van der Waals surface area contributed by atoms with Crippen molar-refractivity contribution in [3.05, 3.63) is 35.9 Å². The Kier molecular flexibility index (Phi) is 4.88. The third kappa shape index (κ3) is 3.97. The van der Waals surface area contributed by atoms with Crippen LogP contribution in [0.15, 0.2) is 30.3 Å². The molecule has 1 fully saturated rings. The van der Waals surface area contributed by atoms with Crippen LogP contribution in [0.25, 0.3) is 0 Å². The average Bonchev–Trinajstić information content (AvgIpc) is 2.37. The van der Waals surface area contributed by atoms with E-state index in [2.05, 4.69) is 35.6 Å². The molecule has 0 spiro atoms. The van der Waals surface area contributed by atoms with Crippen LogP contribution in [-0.4, -0.2) is 13.1 Å². The van der Waals surface area contributed by atoms with Crippen LogP contribution in [0.3, 0.4) is 0 Å². The summed E-state index contributed by atoms with van der Waals surface area (Å²) in [6.07, 6.45) is 8.24. The quantitative estimate of drug-likeness (QED) is 0.745. The van der Waals surface area contributed by atoms with E-state index in [0.29, 0.717) is 0 Å². The van der Waals surface area contributed by atoms with Gasteiger partial charge >= 0.3 is 0 Å². The Morgan fingerprint density at radius 3 is 2.50 bits per heavy atom. The lowest BCUT2D eigenvalue weighted by atomic mass is 9.92. The summed E-state index contributed by atoms with van der Waals surface area (Å²) in [6.45, 7) is 2.48. The molecule has 16 heavy (non-hydrogen) atoms. The number of hydrogen-bond acceptors (Lipinski definition) is 1. The van der Waals surface area contributed by atoms with Crippen LogP contribution in [0.4, 0.5) is 0 Å². The maximum Gasteiger partial charge on any atom is -0.00463 e. The fourth-order valence-electron chi connectivity index (χ4n) is 2.58. The van der Waals surface area contributed by atoms with E-state index >= 15 is 0 Å². The summed E-state index contributed by atoms with van der Waals surface area (Å²) in [5.74, 6) is 0.997. The predicted octanol–water partition coefficient (Wildman–Crippen LogP) is 3.40. The Hall–Kier alpha value is -0.820. The second-order valence-corrected chi connectivity index (χ2v) is 4.92. The molecule has 1 heterocycles. The SMILES string of the molecule is c1ccc(CCCCC2CCNCC2)cc1. The van der Waals surface area contributed by atoms with Gasteiger partial charge < -0.3 is 5.32 Å². The zero-order valence-electron chi connectivity index (χ0n) is 10.1. The van der Waals surface area contributed by atoms with E-state index < -0.39 is 0 Å². The normalized spacial score (nSPS) is 17.5. The van der Waals surface area contributed by atoms with E-state index in [1.165, 1.54) is 57.2 Å². The summed E-state index contributed by atoms with van der Waals surface area (Å²) in [5.41, 5.74) is 1.49. The minimum absolute atomic E-state index is 0.997. The summed E-state index contributed by atoms with van der Waals surface area (Å²) in [7, 11) is 0. The molecule has 0 saturated carbocycles. The van der Waals surface area contributed by atoms with E-state index in [0.717, 1.165) is 5.92 Å². The van der Waals surface area contributed by atoms with Gasteiger partial charge in [-0.3, -0.25) is 0 Å². The molecule has 1 heteroatoms. The zero-order chi connectivity index (χ0) is 11.1. The van der Waals surface area contributed by atoms with E-state index in [-0.39, 0.29) is 0 Å². The molecular weight excluding hydrogens is 194 g/mol. The molecule has 1 aliphatic heterocycles. The van der Waals surface area contributed by atoms with Gasteiger partial charge in [0.1, 0.15) is 0 Å². The summed E-state index contributed by atoms with van der Waals surface area (Å²) in [4.78, 5) is 0. The Morgan fingerprint density at radius 1 is 1.00 bits per heavy atom. The van der Waals surface area contributed by atoms with E-state index in [9.17, 15) is 0 Å². The molecule has 0 aliphatic carbocycles. The monoisotopic (exact) mass is 217 g/mol. The molecular formula is C15H23N. The fourth-order valence-corrected chi connectivity index (χ4v) is 2.58. The molecule has 1 aromatic carbocycles. The second-order valence-electron chi connectivity index (χ2n) is 4.92. The molecule has 1 saturated heterocycles. The third-order valence-electron chi connectivity index (χ3n) is 3.63. The Morgan fingerprint density at radius 2 is 1.75 bits per heavy atom. The molecule has 1 aromatic rings. The minimum Gasteiger partial charge on any atom is -0.317 e. The van der Waals surface area contributed by atoms with Crippen LogP contribution in [0, 0.1) is 5.92 Å². The Balaban J connectivity index is 1.58. The lowest BCUT2D eigenvalue weighted by molar-refractivity contribution is 0.344. The van der Waals surface area contributed by atoms with Crippen molar-refractivity contribution in [1.29, 1.82) is 0 Å². The van der Waals surface area contributed by atoms with Gasteiger partial charge in [-0.2, -0.15) is 0 Å². The van der Waals surface area contributed by atoms with Crippen molar-refractivity contribution in [1.82, 2.24) is 5.32 Å². The Labute approximate surface area is 99.3 Å². The Bertz CT molecular complexity index is 275. The molecule has 0 atom stereocenters. The van der Waals surface area contributed by atoms with Gasteiger partial charge in [0.15, 0.2) is 0 Å². The summed E-state index contributed by atoms with van der Waals surface area (Å²) in [6, 6.07) is 10.9. The lowest BCUT2D eigenvalue weighted by Crippen LogP contribution is -2.27. The van der Waals surface area contributed by atoms with Gasteiger partial charge in [-0.15, -0.1) is 0 Å². The smallest absolute Gasteiger partial charge is 0.00463 e. The first-order valence-corrected chi connectivity index (χ1v) is 6.70. The molecule has 2 rings (SSSR count). The largest absolute Gasteiger partial charge is 0.317 e. The average molecular weight is 217 g/mol. The maximum atomic E-state index is 3.43. The fraction of sp³-hybridized carbons (Fsp3) is 0.600. The molecule has 1 aliphatic rings. The summed E-state index contributed by atoms with van der Waals surface area (Å²) >= 11 is 0. The van der Waals surface area contributed by atoms with Crippen molar-refractivity contribution < 1.29 is 0 Å². The van der Waals surface area contributed by atoms with Gasteiger partial charge in [0.05, 0.1) is 0 Å². The first-order chi connectivity index (χ1) is 7.95. The van der Waals surface area contributed by atoms with Crippen LogP contribution in [0.1, 0.15) is 37.7 Å². The summed E-state index contributed by atoms with van der Waals surface area (Å²) in [5, 5.41) is 3.43. The molecule has 0 aromatic heterocycles. The van der Waals surface area contributed by atoms with Crippen molar-refractivity contribution in [2.75, 3.05) is 13.1 Å². The van der Waals surface area contributed by atoms with Crippen LogP contribution in [-0.2, 0) is 6.42 Å². The van der Waals surface area contributed by atoms with Gasteiger partial charge in [0, 0.05) is 0 Å². The van der Waals surface area contributed by atoms with Crippen molar-refractivity contribution in [2.24, 2.45) is 5.92 Å². The highest BCUT2D eigenvalue weighted by molar-refractivity contribution is 5.14. The number of piperidine rings is 1. The summed E-state index contributed by atoms with van der Waals surface area (Å²) < 4.78 is 0. The molecule has 0 bridgehead atoms. The molecule has 1 nitrogen and oxygen atoms in total. The van der Waals surface area contributed by atoms with Gasteiger partial charge in [-0.1, -0.05) is 43.2 Å². The zero-order valence-corrected chi connectivity index (χ0v) is 10.1. The van der Waals surface area contributed by atoms with Gasteiger partial charge in [0.25, 0.3) is 0 Å². The highest BCUT2D eigenvalue weighted by Gasteiger charge is 2.11. The van der Waals surface area contributed by atoms with Crippen LogP contribution < -0.4 is 5.32 Å². The third-order valence-corrected chi connectivity index (χ3v) is 3.63. The van der Waals surface area contributed by atoms with Crippen LogP contribution >= 0.6 is 0 Å². The minimum atomic E-state index is 0.997. The number of rotatable bonds is 5. The number of nitrogens with one attached hydrogen (secondary N) is 1. The number of benzene rings is 1. The van der Waals surface area contributed by atoms with Crippen molar-refractivity contribution in [2.45, 2.75) is 38.5 Å².